The Kier molecular flexibility index (Phi) is 4.39. The van der Waals surface area contributed by atoms with E-state index in [9.17, 15) is 0 Å². The highest BCUT2D eigenvalue weighted by Gasteiger charge is 2.39. The standard InChI is InChI=1S/C16H26N2/c1-4-17-15(12-13-8-5-6-11-18-13)14-9-7-10-16(14,2)3/h5-6,8,11,14-15,17H,4,7,9-10,12H2,1-3H3. The fraction of sp³-hybridized carbons (Fsp3) is 0.688. The Labute approximate surface area is 111 Å². The van der Waals surface area contributed by atoms with Crippen LogP contribution in [0.2, 0.25) is 0 Å². The molecule has 1 saturated carbocycles. The van der Waals surface area contributed by atoms with Gasteiger partial charge in [-0.2, -0.15) is 0 Å². The summed E-state index contributed by atoms with van der Waals surface area (Å²) in [5.74, 6) is 0.777. The summed E-state index contributed by atoms with van der Waals surface area (Å²) in [6.45, 7) is 8.10. The molecule has 2 heteroatoms. The van der Waals surface area contributed by atoms with Gasteiger partial charge in [0.25, 0.3) is 0 Å². The quantitative estimate of drug-likeness (QED) is 0.861. The Morgan fingerprint density at radius 1 is 1.44 bits per heavy atom. The Bertz CT molecular complexity index is 359. The lowest BCUT2D eigenvalue weighted by Crippen LogP contribution is -2.42. The van der Waals surface area contributed by atoms with Crippen molar-refractivity contribution in [1.82, 2.24) is 10.3 Å². The lowest BCUT2D eigenvalue weighted by atomic mass is 9.76. The number of hydrogen-bond acceptors (Lipinski definition) is 2. The maximum absolute atomic E-state index is 4.48. The summed E-state index contributed by atoms with van der Waals surface area (Å²) in [4.78, 5) is 4.48. The van der Waals surface area contributed by atoms with Crippen molar-refractivity contribution in [3.05, 3.63) is 30.1 Å². The van der Waals surface area contributed by atoms with Crippen LogP contribution in [0, 0.1) is 11.3 Å². The fourth-order valence-electron chi connectivity index (χ4n) is 3.46. The van der Waals surface area contributed by atoms with E-state index >= 15 is 0 Å². The summed E-state index contributed by atoms with van der Waals surface area (Å²) in [6, 6.07) is 6.80. The van der Waals surface area contributed by atoms with E-state index in [1.807, 2.05) is 12.3 Å². The van der Waals surface area contributed by atoms with Crippen LogP contribution in [0.15, 0.2) is 24.4 Å². The molecule has 0 bridgehead atoms. The highest BCUT2D eigenvalue weighted by atomic mass is 14.9. The molecule has 1 aromatic heterocycles. The molecule has 1 heterocycles. The van der Waals surface area contributed by atoms with Gasteiger partial charge in [0.1, 0.15) is 0 Å². The molecule has 0 aromatic carbocycles. The molecule has 0 aliphatic heterocycles. The SMILES string of the molecule is CCNC(Cc1ccccn1)C1CCCC1(C)C. The van der Waals surface area contributed by atoms with Crippen LogP contribution in [-0.4, -0.2) is 17.6 Å². The smallest absolute Gasteiger partial charge is 0.0419 e. The number of likely N-dealkylation sites (N-methyl/N-ethyl adjacent to an activating group) is 1. The number of aromatic nitrogens is 1. The number of rotatable bonds is 5. The Morgan fingerprint density at radius 3 is 2.83 bits per heavy atom. The monoisotopic (exact) mass is 246 g/mol. The van der Waals surface area contributed by atoms with Crippen molar-refractivity contribution < 1.29 is 0 Å². The van der Waals surface area contributed by atoms with Gasteiger partial charge in [-0.15, -0.1) is 0 Å². The second-order valence-electron chi connectivity index (χ2n) is 6.18. The minimum atomic E-state index is 0.474. The van der Waals surface area contributed by atoms with E-state index in [0.29, 0.717) is 11.5 Å². The van der Waals surface area contributed by atoms with E-state index in [-0.39, 0.29) is 0 Å². The molecule has 0 saturated heterocycles. The highest BCUT2D eigenvalue weighted by Crippen LogP contribution is 2.44. The second-order valence-corrected chi connectivity index (χ2v) is 6.18. The first-order valence-electron chi connectivity index (χ1n) is 7.27. The molecule has 1 aliphatic rings. The molecule has 0 amide bonds. The first-order valence-corrected chi connectivity index (χ1v) is 7.27. The van der Waals surface area contributed by atoms with Crippen molar-refractivity contribution in [3.8, 4) is 0 Å². The zero-order chi connectivity index (χ0) is 13.0. The molecule has 0 spiro atoms. The molecule has 2 atom stereocenters. The molecule has 1 N–H and O–H groups in total. The van der Waals surface area contributed by atoms with Gasteiger partial charge in [0.2, 0.25) is 0 Å². The predicted octanol–water partition coefficient (Wildman–Crippen LogP) is 3.43. The maximum atomic E-state index is 4.48. The molecular weight excluding hydrogens is 220 g/mol. The summed E-state index contributed by atoms with van der Waals surface area (Å²) in [5, 5.41) is 3.69. The third kappa shape index (κ3) is 3.11. The second kappa shape index (κ2) is 5.83. The van der Waals surface area contributed by atoms with Gasteiger partial charge in [0.15, 0.2) is 0 Å². The largest absolute Gasteiger partial charge is 0.314 e. The molecule has 18 heavy (non-hydrogen) atoms. The lowest BCUT2D eigenvalue weighted by Gasteiger charge is -2.34. The molecule has 2 unspecified atom stereocenters. The average molecular weight is 246 g/mol. The Balaban J connectivity index is 2.08. The van der Waals surface area contributed by atoms with Gasteiger partial charge in [-0.3, -0.25) is 4.98 Å². The van der Waals surface area contributed by atoms with Gasteiger partial charge in [-0.05, 0) is 42.9 Å². The van der Waals surface area contributed by atoms with Crippen molar-refractivity contribution in [2.45, 2.75) is 52.5 Å². The summed E-state index contributed by atoms with van der Waals surface area (Å²) in [7, 11) is 0. The summed E-state index contributed by atoms with van der Waals surface area (Å²) in [6.07, 6.45) is 7.06. The van der Waals surface area contributed by atoms with Gasteiger partial charge >= 0.3 is 0 Å². The molecular formula is C16H26N2. The van der Waals surface area contributed by atoms with Gasteiger partial charge in [-0.1, -0.05) is 33.3 Å². The fourth-order valence-corrected chi connectivity index (χ4v) is 3.46. The predicted molar refractivity (Wildman–Crippen MR) is 76.5 cm³/mol. The highest BCUT2D eigenvalue weighted by molar-refractivity contribution is 5.07. The molecule has 2 nitrogen and oxygen atoms in total. The molecule has 1 aliphatic carbocycles. The zero-order valence-corrected chi connectivity index (χ0v) is 11.9. The number of nitrogens with zero attached hydrogens (tertiary/aromatic N) is 1. The third-order valence-electron chi connectivity index (χ3n) is 4.45. The maximum Gasteiger partial charge on any atom is 0.0419 e. The first-order chi connectivity index (χ1) is 8.63. The minimum Gasteiger partial charge on any atom is -0.314 e. The van der Waals surface area contributed by atoms with Crippen LogP contribution in [0.4, 0.5) is 0 Å². The van der Waals surface area contributed by atoms with Crippen LogP contribution < -0.4 is 5.32 Å². The summed E-state index contributed by atoms with van der Waals surface area (Å²) >= 11 is 0. The van der Waals surface area contributed by atoms with Crippen molar-refractivity contribution in [3.63, 3.8) is 0 Å². The van der Waals surface area contributed by atoms with Gasteiger partial charge in [0, 0.05) is 24.4 Å². The van der Waals surface area contributed by atoms with Gasteiger partial charge in [-0.25, -0.2) is 0 Å². The van der Waals surface area contributed by atoms with E-state index in [1.54, 1.807) is 0 Å². The lowest BCUT2D eigenvalue weighted by molar-refractivity contribution is 0.196. The molecule has 1 fully saturated rings. The Morgan fingerprint density at radius 2 is 2.28 bits per heavy atom. The zero-order valence-electron chi connectivity index (χ0n) is 11.9. The van der Waals surface area contributed by atoms with Crippen molar-refractivity contribution >= 4 is 0 Å². The van der Waals surface area contributed by atoms with Crippen molar-refractivity contribution in [2.24, 2.45) is 11.3 Å². The van der Waals surface area contributed by atoms with Crippen LogP contribution in [0.1, 0.15) is 45.7 Å². The van der Waals surface area contributed by atoms with E-state index < -0.39 is 0 Å². The average Bonchev–Trinajstić information content (AvgIpc) is 2.70. The van der Waals surface area contributed by atoms with E-state index in [4.69, 9.17) is 0 Å². The molecule has 100 valence electrons. The number of pyridine rings is 1. The van der Waals surface area contributed by atoms with Crippen LogP contribution in [-0.2, 0) is 6.42 Å². The normalized spacial score (nSPS) is 24.1. The first kappa shape index (κ1) is 13.5. The van der Waals surface area contributed by atoms with Crippen molar-refractivity contribution in [2.75, 3.05) is 6.54 Å². The number of hydrogen-bond donors (Lipinski definition) is 1. The molecule has 2 rings (SSSR count). The van der Waals surface area contributed by atoms with E-state index in [2.05, 4.69) is 43.2 Å². The van der Waals surface area contributed by atoms with Crippen LogP contribution >= 0.6 is 0 Å². The van der Waals surface area contributed by atoms with Crippen LogP contribution in [0.3, 0.4) is 0 Å². The van der Waals surface area contributed by atoms with Crippen molar-refractivity contribution in [1.29, 1.82) is 0 Å². The summed E-state index contributed by atoms with van der Waals surface area (Å²) in [5.41, 5.74) is 1.69. The van der Waals surface area contributed by atoms with E-state index in [1.165, 1.54) is 25.0 Å². The molecule has 1 aromatic rings. The number of nitrogens with one attached hydrogen (secondary N) is 1. The van der Waals surface area contributed by atoms with Gasteiger partial charge in [0.05, 0.1) is 0 Å². The third-order valence-corrected chi connectivity index (χ3v) is 4.45. The topological polar surface area (TPSA) is 24.9 Å². The Hall–Kier alpha value is -0.890. The van der Waals surface area contributed by atoms with Crippen LogP contribution in [0.5, 0.6) is 0 Å². The van der Waals surface area contributed by atoms with Crippen LogP contribution in [0.25, 0.3) is 0 Å². The minimum absolute atomic E-state index is 0.474. The molecule has 0 radical (unpaired) electrons. The van der Waals surface area contributed by atoms with Gasteiger partial charge < -0.3 is 5.32 Å². The summed E-state index contributed by atoms with van der Waals surface area (Å²) < 4.78 is 0. The van der Waals surface area contributed by atoms with E-state index in [0.717, 1.165) is 18.9 Å².